The topological polar surface area (TPSA) is 50.9 Å². The van der Waals surface area contributed by atoms with Crippen LogP contribution in [0.2, 0.25) is 0 Å². The quantitative estimate of drug-likeness (QED) is 0.842. The molecule has 3 nitrogen and oxygen atoms in total. The van der Waals surface area contributed by atoms with Crippen molar-refractivity contribution in [1.82, 2.24) is 4.98 Å². The highest BCUT2D eigenvalue weighted by molar-refractivity contribution is 9.10. The van der Waals surface area contributed by atoms with Crippen LogP contribution in [0.3, 0.4) is 0 Å². The van der Waals surface area contributed by atoms with Gasteiger partial charge in [0.2, 0.25) is 0 Å². The van der Waals surface area contributed by atoms with Gasteiger partial charge in [0.15, 0.2) is 0 Å². The summed E-state index contributed by atoms with van der Waals surface area (Å²) in [5.41, 5.74) is 8.70. The molecule has 0 spiro atoms. The number of nitrogen functional groups attached to an aromatic ring is 1. The van der Waals surface area contributed by atoms with E-state index in [1.807, 2.05) is 18.2 Å². The standard InChI is InChI=1S/C14H18BrN3/c1-8(2)9(3)18-13-5-4-12(16)11-6-10(15)7-17-14(11)13/h4-9,18H,16H2,1-3H3. The molecule has 0 saturated heterocycles. The number of pyridine rings is 1. The molecular weight excluding hydrogens is 290 g/mol. The molecule has 1 heterocycles. The molecule has 0 bridgehead atoms. The third-order valence-corrected chi connectivity index (χ3v) is 3.67. The number of benzene rings is 1. The van der Waals surface area contributed by atoms with Gasteiger partial charge in [0.05, 0.1) is 11.2 Å². The van der Waals surface area contributed by atoms with Crippen molar-refractivity contribution >= 4 is 38.2 Å². The Kier molecular flexibility index (Phi) is 3.76. The Morgan fingerprint density at radius 2 is 2.00 bits per heavy atom. The molecule has 4 heteroatoms. The van der Waals surface area contributed by atoms with Gasteiger partial charge in [-0.05, 0) is 47.0 Å². The van der Waals surface area contributed by atoms with Crippen LogP contribution in [0.5, 0.6) is 0 Å². The molecule has 0 amide bonds. The average molecular weight is 308 g/mol. The van der Waals surface area contributed by atoms with Gasteiger partial charge in [0.25, 0.3) is 0 Å². The van der Waals surface area contributed by atoms with Crippen LogP contribution in [0.4, 0.5) is 11.4 Å². The molecule has 0 radical (unpaired) electrons. The van der Waals surface area contributed by atoms with Crippen LogP contribution in [0.15, 0.2) is 28.9 Å². The minimum Gasteiger partial charge on any atom is -0.398 e. The van der Waals surface area contributed by atoms with E-state index in [0.717, 1.165) is 26.8 Å². The van der Waals surface area contributed by atoms with Crippen LogP contribution in [0.1, 0.15) is 20.8 Å². The number of nitrogens with zero attached hydrogens (tertiary/aromatic N) is 1. The lowest BCUT2D eigenvalue weighted by Crippen LogP contribution is -2.21. The van der Waals surface area contributed by atoms with E-state index in [1.54, 1.807) is 6.20 Å². The van der Waals surface area contributed by atoms with Crippen LogP contribution < -0.4 is 11.1 Å². The third-order valence-electron chi connectivity index (χ3n) is 3.23. The lowest BCUT2D eigenvalue weighted by atomic mass is 10.1. The second-order valence-electron chi connectivity index (χ2n) is 4.93. The number of fused-ring (bicyclic) bond motifs is 1. The number of halogens is 1. The zero-order chi connectivity index (χ0) is 13.3. The fraction of sp³-hybridized carbons (Fsp3) is 0.357. The monoisotopic (exact) mass is 307 g/mol. The predicted octanol–water partition coefficient (Wildman–Crippen LogP) is 4.04. The van der Waals surface area contributed by atoms with Crippen molar-refractivity contribution in [2.45, 2.75) is 26.8 Å². The molecule has 18 heavy (non-hydrogen) atoms. The zero-order valence-electron chi connectivity index (χ0n) is 10.9. The molecule has 96 valence electrons. The molecular formula is C14H18BrN3. The number of rotatable bonds is 3. The van der Waals surface area contributed by atoms with E-state index in [4.69, 9.17) is 5.73 Å². The fourth-order valence-electron chi connectivity index (χ4n) is 1.74. The summed E-state index contributed by atoms with van der Waals surface area (Å²) < 4.78 is 0.941. The molecule has 0 fully saturated rings. The van der Waals surface area contributed by atoms with Crippen molar-refractivity contribution in [2.75, 3.05) is 11.1 Å². The number of hydrogen-bond donors (Lipinski definition) is 2. The van der Waals surface area contributed by atoms with E-state index < -0.39 is 0 Å². The molecule has 2 rings (SSSR count). The van der Waals surface area contributed by atoms with Gasteiger partial charge in [-0.3, -0.25) is 4.98 Å². The largest absolute Gasteiger partial charge is 0.398 e. The SMILES string of the molecule is CC(C)C(C)Nc1ccc(N)c2cc(Br)cnc12. The first-order valence-electron chi connectivity index (χ1n) is 6.09. The van der Waals surface area contributed by atoms with Crippen molar-refractivity contribution in [3.63, 3.8) is 0 Å². The van der Waals surface area contributed by atoms with Crippen LogP contribution >= 0.6 is 15.9 Å². The highest BCUT2D eigenvalue weighted by atomic mass is 79.9. The van der Waals surface area contributed by atoms with Crippen molar-refractivity contribution in [3.05, 3.63) is 28.9 Å². The summed E-state index contributed by atoms with van der Waals surface area (Å²) in [6.45, 7) is 6.56. The molecule has 3 N–H and O–H groups in total. The van der Waals surface area contributed by atoms with Crippen LogP contribution in [-0.2, 0) is 0 Å². The Labute approximate surface area is 116 Å². The molecule has 1 aromatic heterocycles. The summed E-state index contributed by atoms with van der Waals surface area (Å²) in [6, 6.07) is 6.31. The van der Waals surface area contributed by atoms with Gasteiger partial charge in [-0.15, -0.1) is 0 Å². The van der Waals surface area contributed by atoms with Crippen LogP contribution in [-0.4, -0.2) is 11.0 Å². The summed E-state index contributed by atoms with van der Waals surface area (Å²) in [5, 5.41) is 4.47. The molecule has 0 saturated carbocycles. The van der Waals surface area contributed by atoms with E-state index in [0.29, 0.717) is 12.0 Å². The number of hydrogen-bond acceptors (Lipinski definition) is 3. The Hall–Kier alpha value is -1.29. The normalized spacial score (nSPS) is 12.9. The molecule has 0 aliphatic heterocycles. The average Bonchev–Trinajstić information content (AvgIpc) is 2.32. The van der Waals surface area contributed by atoms with Crippen LogP contribution in [0.25, 0.3) is 10.9 Å². The van der Waals surface area contributed by atoms with E-state index in [-0.39, 0.29) is 0 Å². The number of anilines is 2. The summed E-state index contributed by atoms with van der Waals surface area (Å²) in [5.74, 6) is 0.563. The van der Waals surface area contributed by atoms with Crippen molar-refractivity contribution in [2.24, 2.45) is 5.92 Å². The van der Waals surface area contributed by atoms with Gasteiger partial charge in [0, 0.05) is 27.8 Å². The maximum Gasteiger partial charge on any atom is 0.0954 e. The first kappa shape index (κ1) is 13.1. The minimum absolute atomic E-state index is 0.391. The highest BCUT2D eigenvalue weighted by Crippen LogP contribution is 2.29. The molecule has 1 aromatic carbocycles. The maximum absolute atomic E-state index is 6.00. The number of nitrogens with one attached hydrogen (secondary N) is 1. The van der Waals surface area contributed by atoms with E-state index >= 15 is 0 Å². The number of nitrogens with two attached hydrogens (primary N) is 1. The van der Waals surface area contributed by atoms with E-state index in [9.17, 15) is 0 Å². The molecule has 1 atom stereocenters. The molecule has 0 aliphatic rings. The summed E-state index contributed by atoms with van der Waals surface area (Å²) >= 11 is 3.43. The van der Waals surface area contributed by atoms with Crippen LogP contribution in [0, 0.1) is 5.92 Å². The lowest BCUT2D eigenvalue weighted by molar-refractivity contribution is 0.560. The summed E-state index contributed by atoms with van der Waals surface area (Å²) in [7, 11) is 0. The lowest BCUT2D eigenvalue weighted by Gasteiger charge is -2.20. The smallest absolute Gasteiger partial charge is 0.0954 e. The first-order valence-corrected chi connectivity index (χ1v) is 6.88. The number of aromatic nitrogens is 1. The zero-order valence-corrected chi connectivity index (χ0v) is 12.5. The van der Waals surface area contributed by atoms with Gasteiger partial charge in [-0.2, -0.15) is 0 Å². The summed E-state index contributed by atoms with van der Waals surface area (Å²) in [4.78, 5) is 4.46. The predicted molar refractivity (Wildman–Crippen MR) is 81.8 cm³/mol. The Morgan fingerprint density at radius 3 is 2.67 bits per heavy atom. The van der Waals surface area contributed by atoms with Gasteiger partial charge < -0.3 is 11.1 Å². The Balaban J connectivity index is 2.49. The van der Waals surface area contributed by atoms with Gasteiger partial charge in [0.1, 0.15) is 0 Å². The Morgan fingerprint density at radius 1 is 1.28 bits per heavy atom. The van der Waals surface area contributed by atoms with Gasteiger partial charge in [-0.1, -0.05) is 13.8 Å². The van der Waals surface area contributed by atoms with E-state index in [1.165, 1.54) is 0 Å². The minimum atomic E-state index is 0.391. The van der Waals surface area contributed by atoms with Crippen molar-refractivity contribution < 1.29 is 0 Å². The second-order valence-corrected chi connectivity index (χ2v) is 5.84. The fourth-order valence-corrected chi connectivity index (χ4v) is 2.08. The van der Waals surface area contributed by atoms with Gasteiger partial charge in [-0.25, -0.2) is 0 Å². The molecule has 2 aromatic rings. The Bertz CT molecular complexity index is 566. The highest BCUT2D eigenvalue weighted by Gasteiger charge is 2.11. The summed E-state index contributed by atoms with van der Waals surface area (Å²) in [6.07, 6.45) is 1.80. The first-order chi connectivity index (χ1) is 8.49. The van der Waals surface area contributed by atoms with Crippen molar-refractivity contribution in [1.29, 1.82) is 0 Å². The second kappa shape index (κ2) is 5.14. The van der Waals surface area contributed by atoms with E-state index in [2.05, 4.69) is 47.0 Å². The third kappa shape index (κ3) is 2.58. The van der Waals surface area contributed by atoms with Crippen molar-refractivity contribution in [3.8, 4) is 0 Å². The maximum atomic E-state index is 6.00. The van der Waals surface area contributed by atoms with Gasteiger partial charge >= 0.3 is 0 Å². The molecule has 0 aliphatic carbocycles. The molecule has 1 unspecified atom stereocenters.